The Kier molecular flexibility index (Phi) is 3.63. The summed E-state index contributed by atoms with van der Waals surface area (Å²) in [5, 5.41) is 2.90. The normalized spacial score (nSPS) is 19.7. The highest BCUT2D eigenvalue weighted by Crippen LogP contribution is 2.11. The van der Waals surface area contributed by atoms with E-state index in [1.54, 1.807) is 0 Å². The average molecular weight is 272 g/mol. The summed E-state index contributed by atoms with van der Waals surface area (Å²) in [6, 6.07) is 3.83. The van der Waals surface area contributed by atoms with Crippen LogP contribution in [0, 0.1) is 5.82 Å². The van der Waals surface area contributed by atoms with Crippen LogP contribution in [0.2, 0.25) is 0 Å². The lowest BCUT2D eigenvalue weighted by Gasteiger charge is -2.11. The maximum atomic E-state index is 12.7. The van der Waals surface area contributed by atoms with E-state index in [0.717, 1.165) is 30.7 Å². The van der Waals surface area contributed by atoms with Crippen LogP contribution in [0.3, 0.4) is 0 Å². The minimum Gasteiger partial charge on any atom is -0.306 e. The van der Waals surface area contributed by atoms with E-state index in [1.165, 1.54) is 0 Å². The Hall–Kier alpha value is -1.47. The maximum Gasteiger partial charge on any atom is 0.264 e. The Labute approximate surface area is 104 Å². The van der Waals surface area contributed by atoms with Crippen molar-refractivity contribution >= 4 is 15.9 Å². The lowest BCUT2D eigenvalue weighted by atomic mass is 10.2. The number of carbonyl (C=O) groups is 1. The molecule has 0 aliphatic carbocycles. The van der Waals surface area contributed by atoms with E-state index in [1.807, 2.05) is 4.72 Å². The predicted octanol–water partition coefficient (Wildman–Crippen LogP) is 0.383. The second kappa shape index (κ2) is 5.03. The smallest absolute Gasteiger partial charge is 0.264 e. The zero-order valence-electron chi connectivity index (χ0n) is 9.52. The first-order valence-corrected chi connectivity index (χ1v) is 7.03. The Morgan fingerprint density at radius 2 is 2.00 bits per heavy atom. The van der Waals surface area contributed by atoms with Crippen molar-refractivity contribution in [2.24, 2.45) is 0 Å². The van der Waals surface area contributed by atoms with Crippen molar-refractivity contribution < 1.29 is 17.6 Å². The van der Waals surface area contributed by atoms with Gasteiger partial charge in [0.05, 0.1) is 10.9 Å². The molecule has 1 atom stereocenters. The number of sulfonamides is 1. The highest BCUT2D eigenvalue weighted by atomic mass is 32.2. The molecule has 1 aliphatic rings. The van der Waals surface area contributed by atoms with Crippen molar-refractivity contribution in [1.29, 1.82) is 0 Å². The summed E-state index contributed by atoms with van der Waals surface area (Å²) in [7, 11) is -3.92. The van der Waals surface area contributed by atoms with Gasteiger partial charge in [-0.2, -0.15) is 0 Å². The summed E-state index contributed by atoms with van der Waals surface area (Å²) >= 11 is 0. The number of benzene rings is 1. The molecule has 98 valence electrons. The standard InChI is InChI=1S/C11H13FN2O3S/c12-8-3-5-9(6-4-8)18(16,17)14-11(15)10-2-1-7-13-10/h3-6,10,13H,1-2,7H2,(H,14,15)/t10-/m0/s1. The zero-order valence-corrected chi connectivity index (χ0v) is 10.3. The van der Waals surface area contributed by atoms with Crippen LogP contribution < -0.4 is 10.0 Å². The summed E-state index contributed by atoms with van der Waals surface area (Å²) in [5.41, 5.74) is 0. The van der Waals surface area contributed by atoms with Crippen LogP contribution in [-0.2, 0) is 14.8 Å². The minimum absolute atomic E-state index is 0.129. The van der Waals surface area contributed by atoms with Gasteiger partial charge < -0.3 is 5.32 Å². The molecule has 1 saturated heterocycles. The van der Waals surface area contributed by atoms with Crippen molar-refractivity contribution in [3.63, 3.8) is 0 Å². The van der Waals surface area contributed by atoms with E-state index < -0.39 is 27.8 Å². The molecule has 0 aromatic heterocycles. The third-order valence-electron chi connectivity index (χ3n) is 2.74. The van der Waals surface area contributed by atoms with Gasteiger partial charge in [-0.15, -0.1) is 0 Å². The van der Waals surface area contributed by atoms with E-state index in [9.17, 15) is 17.6 Å². The van der Waals surface area contributed by atoms with Gasteiger partial charge in [-0.3, -0.25) is 4.79 Å². The van der Waals surface area contributed by atoms with Crippen molar-refractivity contribution in [3.8, 4) is 0 Å². The lowest BCUT2D eigenvalue weighted by Crippen LogP contribution is -2.43. The molecule has 0 radical (unpaired) electrons. The first kappa shape index (κ1) is 13.0. The quantitative estimate of drug-likeness (QED) is 0.834. The van der Waals surface area contributed by atoms with E-state index in [2.05, 4.69) is 5.32 Å². The van der Waals surface area contributed by atoms with E-state index >= 15 is 0 Å². The fraction of sp³-hybridized carbons (Fsp3) is 0.364. The third kappa shape index (κ3) is 2.85. The van der Waals surface area contributed by atoms with Gasteiger partial charge in [-0.05, 0) is 43.7 Å². The number of amides is 1. The molecule has 18 heavy (non-hydrogen) atoms. The second-order valence-corrected chi connectivity index (χ2v) is 5.76. The topological polar surface area (TPSA) is 75.3 Å². The van der Waals surface area contributed by atoms with Gasteiger partial charge >= 0.3 is 0 Å². The van der Waals surface area contributed by atoms with Crippen LogP contribution in [-0.4, -0.2) is 26.9 Å². The van der Waals surface area contributed by atoms with E-state index in [4.69, 9.17) is 0 Å². The summed E-state index contributed by atoms with van der Waals surface area (Å²) < 4.78 is 38.3. The largest absolute Gasteiger partial charge is 0.306 e. The molecule has 1 aromatic carbocycles. The number of nitrogens with one attached hydrogen (secondary N) is 2. The maximum absolute atomic E-state index is 12.7. The lowest BCUT2D eigenvalue weighted by molar-refractivity contribution is -0.121. The van der Waals surface area contributed by atoms with Crippen LogP contribution in [0.4, 0.5) is 4.39 Å². The Bertz CT molecular complexity index is 536. The average Bonchev–Trinajstić information content (AvgIpc) is 2.82. The van der Waals surface area contributed by atoms with Gasteiger partial charge in [0, 0.05) is 0 Å². The van der Waals surface area contributed by atoms with Gasteiger partial charge in [0.15, 0.2) is 0 Å². The highest BCUT2D eigenvalue weighted by Gasteiger charge is 2.26. The summed E-state index contributed by atoms with van der Waals surface area (Å²) in [5.74, 6) is -1.10. The number of rotatable bonds is 3. The van der Waals surface area contributed by atoms with Crippen molar-refractivity contribution in [2.45, 2.75) is 23.8 Å². The van der Waals surface area contributed by atoms with Gasteiger partial charge in [0.25, 0.3) is 15.9 Å². The molecular formula is C11H13FN2O3S. The zero-order chi connectivity index (χ0) is 13.2. The van der Waals surface area contributed by atoms with Crippen LogP contribution in [0.5, 0.6) is 0 Å². The molecule has 2 N–H and O–H groups in total. The van der Waals surface area contributed by atoms with Crippen molar-refractivity contribution in [3.05, 3.63) is 30.1 Å². The Morgan fingerprint density at radius 3 is 2.56 bits per heavy atom. The van der Waals surface area contributed by atoms with Crippen LogP contribution >= 0.6 is 0 Å². The number of carbonyl (C=O) groups excluding carboxylic acids is 1. The van der Waals surface area contributed by atoms with Gasteiger partial charge in [-0.25, -0.2) is 17.5 Å². The fourth-order valence-electron chi connectivity index (χ4n) is 1.78. The van der Waals surface area contributed by atoms with Gasteiger partial charge in [0.2, 0.25) is 0 Å². The number of hydrogen-bond acceptors (Lipinski definition) is 4. The molecular weight excluding hydrogens is 259 g/mol. The van der Waals surface area contributed by atoms with Crippen LogP contribution in [0.1, 0.15) is 12.8 Å². The molecule has 0 unspecified atom stereocenters. The molecule has 1 fully saturated rings. The first-order chi connectivity index (χ1) is 8.49. The monoisotopic (exact) mass is 272 g/mol. The Morgan fingerprint density at radius 1 is 1.33 bits per heavy atom. The van der Waals surface area contributed by atoms with Crippen molar-refractivity contribution in [2.75, 3.05) is 6.54 Å². The van der Waals surface area contributed by atoms with E-state index in [-0.39, 0.29) is 4.90 Å². The second-order valence-electron chi connectivity index (χ2n) is 4.07. The van der Waals surface area contributed by atoms with Crippen molar-refractivity contribution in [1.82, 2.24) is 10.0 Å². The molecule has 0 spiro atoms. The summed E-state index contributed by atoms with van der Waals surface area (Å²) in [4.78, 5) is 11.5. The first-order valence-electron chi connectivity index (χ1n) is 5.55. The highest BCUT2D eigenvalue weighted by molar-refractivity contribution is 7.90. The van der Waals surface area contributed by atoms with Gasteiger partial charge in [-0.1, -0.05) is 0 Å². The van der Waals surface area contributed by atoms with Gasteiger partial charge in [0.1, 0.15) is 5.82 Å². The molecule has 1 amide bonds. The molecule has 1 aliphatic heterocycles. The molecule has 0 saturated carbocycles. The van der Waals surface area contributed by atoms with Crippen LogP contribution in [0.25, 0.3) is 0 Å². The predicted molar refractivity (Wildman–Crippen MR) is 62.8 cm³/mol. The number of hydrogen-bond donors (Lipinski definition) is 2. The third-order valence-corrected chi connectivity index (χ3v) is 4.10. The summed E-state index contributed by atoms with van der Waals surface area (Å²) in [6.07, 6.45) is 1.46. The minimum atomic E-state index is -3.92. The molecule has 0 bridgehead atoms. The SMILES string of the molecule is O=C(NS(=O)(=O)c1ccc(F)cc1)[C@@H]1CCCN1. The molecule has 5 nitrogen and oxygen atoms in total. The fourth-order valence-corrected chi connectivity index (χ4v) is 2.80. The van der Waals surface area contributed by atoms with Crippen LogP contribution in [0.15, 0.2) is 29.2 Å². The molecule has 2 rings (SSSR count). The molecule has 1 aromatic rings. The Balaban J connectivity index is 2.11. The van der Waals surface area contributed by atoms with E-state index in [0.29, 0.717) is 13.0 Å². The molecule has 1 heterocycles. The molecule has 7 heteroatoms. The number of halogens is 1. The summed E-state index contributed by atoms with van der Waals surface area (Å²) in [6.45, 7) is 0.703.